The van der Waals surface area contributed by atoms with Gasteiger partial charge in [-0.3, -0.25) is 9.59 Å². The number of nitrogens with one attached hydrogen (secondary N) is 3. The number of hydrogen-bond donors (Lipinski definition) is 3. The minimum atomic E-state index is -4.52. The Hall–Kier alpha value is -4.08. The number of carbonyl (C=O) groups excluding carboxylic acids is 2. The second-order valence-electron chi connectivity index (χ2n) is 10.2. The number of rotatable bonds is 13. The number of aryl methyl sites for hydroxylation is 1. The highest BCUT2D eigenvalue weighted by molar-refractivity contribution is 5.91. The molecular weight excluding hydrogens is 533 g/mol. The van der Waals surface area contributed by atoms with Crippen LogP contribution in [0.3, 0.4) is 0 Å². The largest absolute Gasteiger partial charge is 0.497 e. The van der Waals surface area contributed by atoms with Gasteiger partial charge in [0.25, 0.3) is 0 Å². The number of Topliss-reactive ketones (excluding diaryl/α,β-unsaturated/α-hetero) is 1. The van der Waals surface area contributed by atoms with E-state index < -0.39 is 17.8 Å². The van der Waals surface area contributed by atoms with Crippen molar-refractivity contribution in [2.75, 3.05) is 7.11 Å². The fourth-order valence-electron chi connectivity index (χ4n) is 5.04. The van der Waals surface area contributed by atoms with E-state index in [1.54, 1.807) is 13.2 Å². The number of benzene rings is 2. The molecule has 0 spiro atoms. The second-order valence-corrected chi connectivity index (χ2v) is 10.2. The molecule has 1 amide bonds. The number of amides is 1. The molecule has 0 unspecified atom stereocenters. The normalized spacial score (nSPS) is 12.4. The van der Waals surface area contributed by atoms with Gasteiger partial charge in [-0.2, -0.15) is 13.2 Å². The Kier molecular flexibility index (Phi) is 9.52. The molecule has 0 aliphatic rings. The van der Waals surface area contributed by atoms with E-state index in [0.717, 1.165) is 41.1 Å². The van der Waals surface area contributed by atoms with Crippen molar-refractivity contribution in [3.63, 3.8) is 0 Å². The SMILES string of the molecule is CCC(=O)CCCCC[C@H](NC(=O)Cc1c(C)[nH]c2ccc(OC)cc12)c1ncc(-c2ccccc2C(F)(F)F)[nH]1. The number of H-pyrrole nitrogens is 2. The molecule has 2 heterocycles. The average Bonchev–Trinajstić information content (AvgIpc) is 3.56. The lowest BCUT2D eigenvalue weighted by molar-refractivity contribution is -0.137. The summed E-state index contributed by atoms with van der Waals surface area (Å²) in [6.45, 7) is 3.74. The van der Waals surface area contributed by atoms with Crippen molar-refractivity contribution < 1.29 is 27.5 Å². The summed E-state index contributed by atoms with van der Waals surface area (Å²) in [4.78, 5) is 35.7. The third-order valence-electron chi connectivity index (χ3n) is 7.29. The summed E-state index contributed by atoms with van der Waals surface area (Å²) in [6, 6.07) is 10.4. The number of ketones is 1. The molecule has 4 rings (SSSR count). The number of nitrogens with zero attached hydrogens (tertiary/aromatic N) is 1. The predicted molar refractivity (Wildman–Crippen MR) is 152 cm³/mol. The maximum atomic E-state index is 13.6. The van der Waals surface area contributed by atoms with Gasteiger partial charge in [0.1, 0.15) is 17.4 Å². The zero-order valence-corrected chi connectivity index (χ0v) is 23.5. The maximum absolute atomic E-state index is 13.6. The van der Waals surface area contributed by atoms with Crippen LogP contribution in [0.15, 0.2) is 48.7 Å². The van der Waals surface area contributed by atoms with Crippen molar-refractivity contribution in [3.05, 3.63) is 71.3 Å². The minimum Gasteiger partial charge on any atom is -0.497 e. The monoisotopic (exact) mass is 568 g/mol. The fraction of sp³-hybridized carbons (Fsp3) is 0.387. The molecule has 0 aliphatic carbocycles. The van der Waals surface area contributed by atoms with Crippen LogP contribution >= 0.6 is 0 Å². The number of unbranched alkanes of at least 4 members (excludes halogenated alkanes) is 2. The molecule has 0 saturated heterocycles. The highest BCUT2D eigenvalue weighted by atomic mass is 19.4. The molecule has 218 valence electrons. The van der Waals surface area contributed by atoms with Crippen molar-refractivity contribution >= 4 is 22.6 Å². The molecule has 10 heteroatoms. The van der Waals surface area contributed by atoms with Crippen LogP contribution in [0.4, 0.5) is 13.2 Å². The summed E-state index contributed by atoms with van der Waals surface area (Å²) in [7, 11) is 1.58. The van der Waals surface area contributed by atoms with E-state index in [-0.39, 0.29) is 29.4 Å². The van der Waals surface area contributed by atoms with Crippen molar-refractivity contribution in [3.8, 4) is 17.0 Å². The van der Waals surface area contributed by atoms with E-state index in [9.17, 15) is 22.8 Å². The van der Waals surface area contributed by atoms with Gasteiger partial charge in [-0.25, -0.2) is 4.98 Å². The molecule has 1 atom stereocenters. The van der Waals surface area contributed by atoms with Crippen LogP contribution in [0, 0.1) is 6.92 Å². The van der Waals surface area contributed by atoms with E-state index in [2.05, 4.69) is 20.3 Å². The fourth-order valence-corrected chi connectivity index (χ4v) is 5.04. The number of fused-ring (bicyclic) bond motifs is 1. The second kappa shape index (κ2) is 13.1. The number of ether oxygens (including phenoxy) is 1. The van der Waals surface area contributed by atoms with Crippen molar-refractivity contribution in [2.45, 2.75) is 71.0 Å². The van der Waals surface area contributed by atoms with Gasteiger partial charge in [0, 0.05) is 35.0 Å². The number of aromatic nitrogens is 3. The predicted octanol–water partition coefficient (Wildman–Crippen LogP) is 7.22. The Morgan fingerprint density at radius 2 is 1.85 bits per heavy atom. The standard InChI is InChI=1S/C31H35F3N4O3/c1-4-20(39)10-6-5-7-13-27(30-35-18-28(38-30)22-11-8-9-12-25(22)31(32,33)34)37-29(40)17-23-19(2)36-26-15-14-21(41-3)16-24(23)26/h8-9,11-12,14-16,18,27,36H,4-7,10,13,17H2,1-3H3,(H,35,38)(H,37,40)/t27-/m0/s1. The molecule has 41 heavy (non-hydrogen) atoms. The number of alkyl halides is 3. The van der Waals surface area contributed by atoms with E-state index in [0.29, 0.717) is 37.3 Å². The number of carbonyl (C=O) groups is 2. The van der Waals surface area contributed by atoms with Gasteiger partial charge in [-0.1, -0.05) is 38.0 Å². The molecule has 0 radical (unpaired) electrons. The third-order valence-corrected chi connectivity index (χ3v) is 7.29. The number of halogens is 3. The van der Waals surface area contributed by atoms with Crippen molar-refractivity contribution in [1.82, 2.24) is 20.3 Å². The van der Waals surface area contributed by atoms with E-state index >= 15 is 0 Å². The molecule has 0 fully saturated rings. The smallest absolute Gasteiger partial charge is 0.417 e. The molecule has 2 aromatic carbocycles. The van der Waals surface area contributed by atoms with E-state index in [4.69, 9.17) is 4.74 Å². The van der Waals surface area contributed by atoms with Gasteiger partial charge >= 0.3 is 6.18 Å². The van der Waals surface area contributed by atoms with Gasteiger partial charge in [0.05, 0.1) is 37.0 Å². The molecule has 0 aliphatic heterocycles. The summed E-state index contributed by atoms with van der Waals surface area (Å²) in [5.74, 6) is 1.03. The summed E-state index contributed by atoms with van der Waals surface area (Å²) in [6.07, 6.45) is 0.713. The summed E-state index contributed by atoms with van der Waals surface area (Å²) in [5.41, 5.74) is 2.05. The Balaban J connectivity index is 1.55. The van der Waals surface area contributed by atoms with Crippen LogP contribution in [0.25, 0.3) is 22.2 Å². The highest BCUT2D eigenvalue weighted by Crippen LogP contribution is 2.36. The molecule has 2 aromatic heterocycles. The molecule has 4 aromatic rings. The first kappa shape index (κ1) is 29.9. The van der Waals surface area contributed by atoms with E-state index in [1.807, 2.05) is 32.0 Å². The lowest BCUT2D eigenvalue weighted by Crippen LogP contribution is -2.30. The molecule has 0 saturated carbocycles. The average molecular weight is 569 g/mol. The third kappa shape index (κ3) is 7.36. The summed E-state index contributed by atoms with van der Waals surface area (Å²) < 4.78 is 46.3. The number of imidazole rings is 1. The lowest BCUT2D eigenvalue weighted by atomic mass is 10.0. The van der Waals surface area contributed by atoms with Gasteiger partial charge in [-0.05, 0) is 49.6 Å². The first-order valence-corrected chi connectivity index (χ1v) is 13.8. The zero-order chi connectivity index (χ0) is 29.6. The lowest BCUT2D eigenvalue weighted by Gasteiger charge is -2.17. The van der Waals surface area contributed by atoms with Crippen molar-refractivity contribution in [2.24, 2.45) is 0 Å². The maximum Gasteiger partial charge on any atom is 0.417 e. The van der Waals surface area contributed by atoms with Crippen LogP contribution in [0.1, 0.15) is 74.1 Å². The number of methoxy groups -OCH3 is 1. The van der Waals surface area contributed by atoms with Crippen LogP contribution < -0.4 is 10.1 Å². The van der Waals surface area contributed by atoms with E-state index in [1.165, 1.54) is 18.3 Å². The first-order valence-electron chi connectivity index (χ1n) is 13.8. The van der Waals surface area contributed by atoms with Gasteiger partial charge in [0.15, 0.2) is 0 Å². The van der Waals surface area contributed by atoms with Crippen LogP contribution in [-0.2, 0) is 22.2 Å². The highest BCUT2D eigenvalue weighted by Gasteiger charge is 2.34. The minimum absolute atomic E-state index is 0.00901. The summed E-state index contributed by atoms with van der Waals surface area (Å²) >= 11 is 0. The van der Waals surface area contributed by atoms with Gasteiger partial charge in [-0.15, -0.1) is 0 Å². The quantitative estimate of drug-likeness (QED) is 0.148. The van der Waals surface area contributed by atoms with Gasteiger partial charge in [0.2, 0.25) is 5.91 Å². The Morgan fingerprint density at radius 3 is 2.59 bits per heavy atom. The van der Waals surface area contributed by atoms with Crippen LogP contribution in [-0.4, -0.2) is 33.8 Å². The van der Waals surface area contributed by atoms with Crippen LogP contribution in [0.5, 0.6) is 5.75 Å². The molecule has 7 nitrogen and oxygen atoms in total. The summed E-state index contributed by atoms with van der Waals surface area (Å²) in [5, 5.41) is 3.93. The zero-order valence-electron chi connectivity index (χ0n) is 23.5. The molecule has 0 bridgehead atoms. The molecule has 3 N–H and O–H groups in total. The van der Waals surface area contributed by atoms with Crippen molar-refractivity contribution in [1.29, 1.82) is 0 Å². The Labute approximate surface area is 236 Å². The first-order chi connectivity index (χ1) is 19.6. The molecular formula is C31H35F3N4O3. The number of aromatic amines is 2. The van der Waals surface area contributed by atoms with Crippen LogP contribution in [0.2, 0.25) is 0 Å². The topological polar surface area (TPSA) is 99.9 Å². The van der Waals surface area contributed by atoms with Gasteiger partial charge < -0.3 is 20.0 Å². The Morgan fingerprint density at radius 1 is 1.07 bits per heavy atom. The Bertz CT molecular complexity index is 1510. The number of hydrogen-bond acceptors (Lipinski definition) is 4.